The van der Waals surface area contributed by atoms with Crippen LogP contribution in [0.4, 0.5) is 16.2 Å². The van der Waals surface area contributed by atoms with E-state index in [0.29, 0.717) is 36.8 Å². The number of carbonyl (C=O) groups is 1. The van der Waals surface area contributed by atoms with E-state index in [0.717, 1.165) is 12.1 Å². The summed E-state index contributed by atoms with van der Waals surface area (Å²) in [5.41, 5.74) is 0.982. The molecule has 2 amide bonds. The Morgan fingerprint density at radius 1 is 0.946 bits per heavy atom. The van der Waals surface area contributed by atoms with Crippen LogP contribution >= 0.6 is 0 Å². The highest BCUT2D eigenvalue weighted by Gasteiger charge is 2.37. The number of piperidine rings is 1. The van der Waals surface area contributed by atoms with Crippen LogP contribution in [0.15, 0.2) is 70.4 Å². The number of anilines is 2. The summed E-state index contributed by atoms with van der Waals surface area (Å²) in [6, 6.07) is 16.1. The Balaban J connectivity index is 1.34. The molecule has 1 aromatic heterocycles. The maximum absolute atomic E-state index is 13.3. The van der Waals surface area contributed by atoms with Crippen LogP contribution in [0.2, 0.25) is 0 Å². The summed E-state index contributed by atoms with van der Waals surface area (Å²) < 4.78 is 40.1. The van der Waals surface area contributed by atoms with Gasteiger partial charge in [0.25, 0.3) is 15.6 Å². The van der Waals surface area contributed by atoms with Crippen LogP contribution in [0.5, 0.6) is 11.5 Å². The van der Waals surface area contributed by atoms with Gasteiger partial charge in [0.15, 0.2) is 0 Å². The Labute approximate surface area is 214 Å². The van der Waals surface area contributed by atoms with Crippen LogP contribution in [0.25, 0.3) is 0 Å². The first-order chi connectivity index (χ1) is 17.8. The van der Waals surface area contributed by atoms with E-state index >= 15 is 0 Å². The molecule has 194 valence electrons. The quantitative estimate of drug-likeness (QED) is 0.511. The molecule has 2 aliphatic rings. The second-order valence-corrected chi connectivity index (χ2v) is 10.9. The van der Waals surface area contributed by atoms with Crippen LogP contribution in [-0.2, 0) is 16.6 Å². The first-order valence-corrected chi connectivity index (χ1v) is 13.4. The predicted octanol–water partition coefficient (Wildman–Crippen LogP) is 3.32. The third-order valence-corrected chi connectivity index (χ3v) is 8.17. The van der Waals surface area contributed by atoms with Gasteiger partial charge in [-0.25, -0.2) is 13.2 Å². The number of fused-ring (bicyclic) bond motifs is 4. The van der Waals surface area contributed by atoms with Crippen molar-refractivity contribution in [3.05, 3.63) is 76.7 Å². The molecule has 2 N–H and O–H groups in total. The van der Waals surface area contributed by atoms with Crippen molar-refractivity contribution >= 4 is 27.4 Å². The van der Waals surface area contributed by atoms with Crippen molar-refractivity contribution in [2.45, 2.75) is 23.8 Å². The lowest BCUT2D eigenvalue weighted by atomic mass is 9.83. The summed E-state index contributed by atoms with van der Waals surface area (Å²) in [5.74, 6) is 1.16. The number of methoxy groups -OCH3 is 2. The zero-order valence-electron chi connectivity index (χ0n) is 20.5. The number of rotatable bonds is 6. The first kappa shape index (κ1) is 24.7. The van der Waals surface area contributed by atoms with Gasteiger partial charge in [-0.1, -0.05) is 18.2 Å². The Hall–Kier alpha value is -3.99. The molecule has 3 heterocycles. The Morgan fingerprint density at radius 3 is 2.32 bits per heavy atom. The molecule has 3 aromatic rings. The fourth-order valence-electron chi connectivity index (χ4n) is 5.07. The van der Waals surface area contributed by atoms with E-state index in [-0.39, 0.29) is 34.0 Å². The minimum Gasteiger partial charge on any atom is -0.497 e. The lowest BCUT2D eigenvalue weighted by Crippen LogP contribution is -2.50. The molecule has 2 bridgehead atoms. The lowest BCUT2D eigenvalue weighted by molar-refractivity contribution is 0.139. The largest absolute Gasteiger partial charge is 0.497 e. The Bertz CT molecular complexity index is 1470. The SMILES string of the molecule is COc1cc(NC(=O)N2CC3CC(C2)c2ccc(NS(=O)(=O)c4ccccc4)c(=O)n2C3)cc(OC)c1. The number of hydrogen-bond donors (Lipinski definition) is 2. The van der Waals surface area contributed by atoms with Crippen LogP contribution in [-0.4, -0.2) is 51.2 Å². The predicted molar refractivity (Wildman–Crippen MR) is 139 cm³/mol. The molecule has 2 unspecified atom stereocenters. The van der Waals surface area contributed by atoms with Crippen molar-refractivity contribution in [1.29, 1.82) is 0 Å². The summed E-state index contributed by atoms with van der Waals surface area (Å²) in [7, 11) is -0.793. The van der Waals surface area contributed by atoms with Crippen molar-refractivity contribution in [1.82, 2.24) is 9.47 Å². The average molecular weight is 525 g/mol. The van der Waals surface area contributed by atoms with Crippen molar-refractivity contribution < 1.29 is 22.7 Å². The molecule has 37 heavy (non-hydrogen) atoms. The van der Waals surface area contributed by atoms with Gasteiger partial charge in [-0.15, -0.1) is 0 Å². The molecule has 2 aromatic carbocycles. The molecule has 0 radical (unpaired) electrons. The number of ether oxygens (including phenoxy) is 2. The molecule has 2 atom stereocenters. The number of likely N-dealkylation sites (tertiary alicyclic amines) is 1. The molecule has 0 saturated carbocycles. The number of amides is 2. The topological polar surface area (TPSA) is 119 Å². The van der Waals surface area contributed by atoms with E-state index in [1.807, 2.05) is 0 Å². The standard InChI is InChI=1S/C26H28N4O6S/c1-35-20-11-19(12-21(13-20)36-2)27-26(32)29-14-17-10-18(16-29)24-9-8-23(25(31)30(24)15-17)28-37(33,34)22-6-4-3-5-7-22/h3-9,11-13,17-18,28H,10,14-16H2,1-2H3,(H,27,32). The molecular weight excluding hydrogens is 496 g/mol. The number of pyridine rings is 1. The van der Waals surface area contributed by atoms with Gasteiger partial charge in [0.2, 0.25) is 0 Å². The average Bonchev–Trinajstić information content (AvgIpc) is 2.90. The van der Waals surface area contributed by atoms with Crippen molar-refractivity contribution in [2.75, 3.05) is 37.3 Å². The number of aromatic nitrogens is 1. The van der Waals surface area contributed by atoms with E-state index in [2.05, 4.69) is 10.0 Å². The lowest BCUT2D eigenvalue weighted by Gasteiger charge is -2.42. The minimum atomic E-state index is -3.88. The van der Waals surface area contributed by atoms with Crippen molar-refractivity contribution in [3.63, 3.8) is 0 Å². The summed E-state index contributed by atoms with van der Waals surface area (Å²) in [6.45, 7) is 1.33. The fraction of sp³-hybridized carbons (Fsp3) is 0.308. The molecule has 5 rings (SSSR count). The van der Waals surface area contributed by atoms with E-state index in [9.17, 15) is 18.0 Å². The van der Waals surface area contributed by atoms with Gasteiger partial charge in [0.05, 0.1) is 19.1 Å². The molecule has 1 fully saturated rings. The second kappa shape index (κ2) is 9.81. The third-order valence-electron chi connectivity index (χ3n) is 6.79. The first-order valence-electron chi connectivity index (χ1n) is 11.9. The van der Waals surface area contributed by atoms with Crippen LogP contribution < -0.4 is 25.1 Å². The number of nitrogens with zero attached hydrogens (tertiary/aromatic N) is 2. The van der Waals surface area contributed by atoms with Crippen molar-refractivity contribution in [2.24, 2.45) is 5.92 Å². The van der Waals surface area contributed by atoms with E-state index in [4.69, 9.17) is 9.47 Å². The third kappa shape index (κ3) is 4.99. The zero-order chi connectivity index (χ0) is 26.2. The Morgan fingerprint density at radius 2 is 1.65 bits per heavy atom. The fourth-order valence-corrected chi connectivity index (χ4v) is 6.15. The number of hydrogen-bond acceptors (Lipinski definition) is 6. The van der Waals surface area contributed by atoms with Crippen LogP contribution in [0.1, 0.15) is 18.0 Å². The highest BCUT2D eigenvalue weighted by atomic mass is 32.2. The smallest absolute Gasteiger partial charge is 0.321 e. The summed E-state index contributed by atoms with van der Waals surface area (Å²) in [6.07, 6.45) is 0.852. The maximum Gasteiger partial charge on any atom is 0.321 e. The molecule has 2 aliphatic heterocycles. The molecule has 1 saturated heterocycles. The van der Waals surface area contributed by atoms with Gasteiger partial charge in [-0.05, 0) is 36.6 Å². The molecular formula is C26H28N4O6S. The highest BCUT2D eigenvalue weighted by Crippen LogP contribution is 2.36. The van der Waals surface area contributed by atoms with Crippen LogP contribution in [0.3, 0.4) is 0 Å². The monoisotopic (exact) mass is 524 g/mol. The zero-order valence-corrected chi connectivity index (χ0v) is 21.3. The number of urea groups is 1. The van der Waals surface area contributed by atoms with Gasteiger partial charge in [0, 0.05) is 55.1 Å². The highest BCUT2D eigenvalue weighted by molar-refractivity contribution is 7.92. The van der Waals surface area contributed by atoms with Gasteiger partial charge >= 0.3 is 6.03 Å². The van der Waals surface area contributed by atoms with Gasteiger partial charge in [0.1, 0.15) is 17.2 Å². The summed E-state index contributed by atoms with van der Waals surface area (Å²) in [5, 5.41) is 2.92. The van der Waals surface area contributed by atoms with E-state index in [1.165, 1.54) is 18.2 Å². The van der Waals surface area contributed by atoms with Gasteiger partial charge < -0.3 is 24.3 Å². The Kier molecular flexibility index (Phi) is 6.55. The number of carbonyl (C=O) groups excluding carboxylic acids is 1. The van der Waals surface area contributed by atoms with Gasteiger partial charge in [-0.3, -0.25) is 9.52 Å². The molecule has 10 nitrogen and oxygen atoms in total. The number of sulfonamides is 1. The minimum absolute atomic E-state index is 0.00847. The number of benzene rings is 2. The molecule has 0 aliphatic carbocycles. The van der Waals surface area contributed by atoms with Gasteiger partial charge in [-0.2, -0.15) is 0 Å². The summed E-state index contributed by atoms with van der Waals surface area (Å²) >= 11 is 0. The summed E-state index contributed by atoms with van der Waals surface area (Å²) in [4.78, 5) is 28.2. The second-order valence-electron chi connectivity index (χ2n) is 9.24. The molecule has 11 heteroatoms. The number of nitrogens with one attached hydrogen (secondary N) is 2. The van der Waals surface area contributed by atoms with E-state index in [1.54, 1.807) is 66.2 Å². The maximum atomic E-state index is 13.3. The normalized spacial score (nSPS) is 18.5. The van der Waals surface area contributed by atoms with E-state index < -0.39 is 10.0 Å². The van der Waals surface area contributed by atoms with Crippen LogP contribution in [0, 0.1) is 5.92 Å². The molecule has 0 spiro atoms. The van der Waals surface area contributed by atoms with Crippen molar-refractivity contribution in [3.8, 4) is 11.5 Å².